The van der Waals surface area contributed by atoms with Crippen molar-refractivity contribution in [3.05, 3.63) is 85.1 Å². The minimum Gasteiger partial charge on any atom is -0.462 e. The molecule has 0 aromatic carbocycles. The van der Waals surface area contributed by atoms with Gasteiger partial charge < -0.3 is 24.2 Å². The fourth-order valence-corrected chi connectivity index (χ4v) is 8.92. The zero-order chi connectivity index (χ0) is 55.5. The van der Waals surface area contributed by atoms with Crippen molar-refractivity contribution in [3.8, 4) is 0 Å². The molecule has 0 aliphatic rings. The number of carbonyl (C=O) groups excluding carboxylic acids is 3. The smallest absolute Gasteiger partial charge is 0.462 e. The molecule has 0 aliphatic carbocycles. The van der Waals surface area contributed by atoms with Crippen LogP contribution < -0.4 is 0 Å². The summed E-state index contributed by atoms with van der Waals surface area (Å²) in [7, 11) is -4.76. The summed E-state index contributed by atoms with van der Waals surface area (Å²) in [5, 5.41) is 9.83. The number of carbonyl (C=O) groups is 3. The molecule has 0 fully saturated rings. The molecule has 0 saturated carbocycles. The number of phosphoric ester groups is 1. The number of hydrogen-bond acceptors (Lipinski definition) is 10. The average molecular weight is 1090 g/mol. The van der Waals surface area contributed by atoms with Crippen molar-refractivity contribution in [1.29, 1.82) is 0 Å². The van der Waals surface area contributed by atoms with Crippen LogP contribution in [-0.4, -0.2) is 66.5 Å². The Kier molecular flexibility index (Phi) is 55.3. The van der Waals surface area contributed by atoms with Gasteiger partial charge in [-0.3, -0.25) is 23.4 Å². The van der Waals surface area contributed by atoms with Gasteiger partial charge in [-0.05, 0) is 116 Å². The maximum Gasteiger partial charge on any atom is 0.472 e. The Labute approximate surface area is 464 Å². The molecule has 3 atom stereocenters. The van der Waals surface area contributed by atoms with Crippen LogP contribution in [0.4, 0.5) is 0 Å². The van der Waals surface area contributed by atoms with Crippen molar-refractivity contribution in [1.82, 2.24) is 0 Å². The van der Waals surface area contributed by atoms with Crippen LogP contribution in [0.5, 0.6) is 0 Å². The molecule has 0 aromatic heterocycles. The van der Waals surface area contributed by atoms with E-state index in [4.69, 9.17) is 23.3 Å². The lowest BCUT2D eigenvalue weighted by atomic mass is 10.1. The number of hydrogen-bond donors (Lipinski definition) is 2. The normalized spacial score (nSPS) is 13.9. The van der Waals surface area contributed by atoms with Gasteiger partial charge in [0.15, 0.2) is 6.10 Å². The summed E-state index contributed by atoms with van der Waals surface area (Å²) in [5.41, 5.74) is 0. The standard InChI is InChI=1S/C64H111O11P/c1-4-7-10-13-16-19-22-25-28-30-33-35-38-41-44-47-50-53-62(66)71-57-61(75-64(68)55-52-49-46-43-40-37-34-31-29-26-23-20-17-14-11-8-5-2)59-73-76(69,70)72-58-60(56-65)74-63(67)54-51-48-45-42-39-36-32-27-24-21-18-15-12-9-6-3/h8,11,16-17,19-20,25-29,32,34,37,60-61,65H,4-7,9-10,12-15,18,21-24,30-31,33,35-36,38-59H2,1-3H3,(H,69,70)/b11-8-,19-16-,20-17-,28-25-,29-26-,32-27-,37-34-. The molecule has 11 nitrogen and oxygen atoms in total. The second kappa shape index (κ2) is 57.8. The second-order valence-corrected chi connectivity index (χ2v) is 21.6. The van der Waals surface area contributed by atoms with Gasteiger partial charge in [-0.2, -0.15) is 0 Å². The number of allylic oxidation sites excluding steroid dienone is 14. The van der Waals surface area contributed by atoms with E-state index in [0.717, 1.165) is 128 Å². The van der Waals surface area contributed by atoms with Crippen molar-refractivity contribution in [2.75, 3.05) is 26.4 Å². The first-order chi connectivity index (χ1) is 37.2. The molecule has 0 heterocycles. The zero-order valence-corrected chi connectivity index (χ0v) is 49.3. The highest BCUT2D eigenvalue weighted by molar-refractivity contribution is 7.47. The summed E-state index contributed by atoms with van der Waals surface area (Å²) in [5.74, 6) is -1.51. The second-order valence-electron chi connectivity index (χ2n) is 20.1. The molecule has 0 rings (SSSR count). The van der Waals surface area contributed by atoms with E-state index in [0.29, 0.717) is 19.3 Å². The Morgan fingerprint density at radius 1 is 0.382 bits per heavy atom. The lowest BCUT2D eigenvalue weighted by molar-refractivity contribution is -0.161. The molecular weight excluding hydrogens is 976 g/mol. The summed E-state index contributed by atoms with van der Waals surface area (Å²) in [4.78, 5) is 48.6. The topological polar surface area (TPSA) is 155 Å². The third kappa shape index (κ3) is 55.4. The number of ether oxygens (including phenoxy) is 3. The highest BCUT2D eigenvalue weighted by atomic mass is 31.2. The van der Waals surface area contributed by atoms with Crippen molar-refractivity contribution >= 4 is 25.7 Å². The van der Waals surface area contributed by atoms with Gasteiger partial charge in [-0.25, -0.2) is 4.57 Å². The highest BCUT2D eigenvalue weighted by Crippen LogP contribution is 2.43. The zero-order valence-electron chi connectivity index (χ0n) is 48.5. The number of esters is 3. The summed E-state index contributed by atoms with van der Waals surface area (Å²) in [6.45, 7) is 4.47. The van der Waals surface area contributed by atoms with Crippen LogP contribution in [0, 0.1) is 0 Å². The van der Waals surface area contributed by atoms with Crippen LogP contribution >= 0.6 is 7.82 Å². The monoisotopic (exact) mass is 1090 g/mol. The van der Waals surface area contributed by atoms with Crippen LogP contribution in [0.3, 0.4) is 0 Å². The predicted octanol–water partition coefficient (Wildman–Crippen LogP) is 18.3. The maximum atomic E-state index is 12.9. The summed E-state index contributed by atoms with van der Waals surface area (Å²) >= 11 is 0. The average Bonchev–Trinajstić information content (AvgIpc) is 3.41. The van der Waals surface area contributed by atoms with Gasteiger partial charge in [-0.15, -0.1) is 0 Å². The molecule has 3 unspecified atom stereocenters. The van der Waals surface area contributed by atoms with E-state index < -0.39 is 57.8 Å². The van der Waals surface area contributed by atoms with Crippen LogP contribution in [0.25, 0.3) is 0 Å². The Bertz CT molecular complexity index is 1600. The van der Waals surface area contributed by atoms with Gasteiger partial charge in [0.1, 0.15) is 12.7 Å². The van der Waals surface area contributed by atoms with E-state index in [9.17, 15) is 28.9 Å². The maximum absolute atomic E-state index is 12.9. The molecule has 0 bridgehead atoms. The third-order valence-electron chi connectivity index (χ3n) is 12.8. The summed E-state index contributed by atoms with van der Waals surface area (Å²) in [6.07, 6.45) is 66.7. The molecular formula is C64H111O11P. The van der Waals surface area contributed by atoms with E-state index in [2.05, 4.69) is 106 Å². The minimum absolute atomic E-state index is 0.135. The number of phosphoric acid groups is 1. The fourth-order valence-electron chi connectivity index (χ4n) is 8.14. The highest BCUT2D eigenvalue weighted by Gasteiger charge is 2.28. The van der Waals surface area contributed by atoms with Gasteiger partial charge in [0, 0.05) is 19.3 Å². The largest absolute Gasteiger partial charge is 0.472 e. The lowest BCUT2D eigenvalue weighted by Gasteiger charge is -2.21. The molecule has 0 spiro atoms. The molecule has 2 N–H and O–H groups in total. The van der Waals surface area contributed by atoms with Gasteiger partial charge >= 0.3 is 25.7 Å². The lowest BCUT2D eigenvalue weighted by Crippen LogP contribution is -2.30. The van der Waals surface area contributed by atoms with Crippen molar-refractivity contribution < 1.29 is 52.2 Å². The van der Waals surface area contributed by atoms with Gasteiger partial charge in [0.2, 0.25) is 0 Å². The minimum atomic E-state index is -4.76. The van der Waals surface area contributed by atoms with E-state index >= 15 is 0 Å². The number of aliphatic hydroxyl groups is 1. The summed E-state index contributed by atoms with van der Waals surface area (Å²) in [6, 6.07) is 0. The quantitative estimate of drug-likeness (QED) is 0.0197. The molecule has 0 aromatic rings. The Balaban J connectivity index is 4.77. The van der Waals surface area contributed by atoms with E-state index in [1.165, 1.54) is 77.0 Å². The van der Waals surface area contributed by atoms with E-state index in [1.807, 2.05) is 0 Å². The Morgan fingerprint density at radius 2 is 0.684 bits per heavy atom. The van der Waals surface area contributed by atoms with Gasteiger partial charge in [-0.1, -0.05) is 215 Å². The van der Waals surface area contributed by atoms with Crippen molar-refractivity contribution in [2.45, 2.75) is 277 Å². The first-order valence-corrected chi connectivity index (χ1v) is 32.0. The van der Waals surface area contributed by atoms with Crippen LogP contribution in [0.15, 0.2) is 85.1 Å². The number of unbranched alkanes of at least 4 members (excludes halogenated alkanes) is 25. The first kappa shape index (κ1) is 72.7. The first-order valence-electron chi connectivity index (χ1n) is 30.5. The van der Waals surface area contributed by atoms with E-state index in [-0.39, 0.29) is 25.9 Å². The van der Waals surface area contributed by atoms with Crippen LogP contribution in [0.1, 0.15) is 265 Å². The molecule has 76 heavy (non-hydrogen) atoms. The summed E-state index contributed by atoms with van der Waals surface area (Å²) < 4.78 is 39.6. The van der Waals surface area contributed by atoms with E-state index in [1.54, 1.807) is 0 Å². The Hall–Kier alpha value is -3.34. The van der Waals surface area contributed by atoms with Gasteiger partial charge in [0.25, 0.3) is 0 Å². The van der Waals surface area contributed by atoms with Gasteiger partial charge in [0.05, 0.1) is 19.8 Å². The van der Waals surface area contributed by atoms with Crippen molar-refractivity contribution in [3.63, 3.8) is 0 Å². The predicted molar refractivity (Wildman–Crippen MR) is 316 cm³/mol. The molecule has 0 aliphatic heterocycles. The molecule has 0 amide bonds. The van der Waals surface area contributed by atoms with Crippen LogP contribution in [-0.2, 0) is 42.2 Å². The SMILES string of the molecule is CC/C=C\C/C=C\C/C=C\C/C=C\CCCCCCC(=O)OC(COC(=O)CCCCCCCCC/C=C\C/C=C\CCCCC)COP(=O)(O)OCC(CO)OC(=O)CCCCCCC/C=C\CCCCCCCC. The number of rotatable bonds is 56. The molecule has 0 radical (unpaired) electrons. The van der Waals surface area contributed by atoms with Crippen LogP contribution in [0.2, 0.25) is 0 Å². The number of aliphatic hydroxyl groups excluding tert-OH is 1. The van der Waals surface area contributed by atoms with Crippen molar-refractivity contribution in [2.24, 2.45) is 0 Å². The Morgan fingerprint density at radius 3 is 1.09 bits per heavy atom. The fraction of sp³-hybridized carbons (Fsp3) is 0.734. The molecule has 12 heteroatoms. The third-order valence-corrected chi connectivity index (χ3v) is 13.7. The molecule has 0 saturated heterocycles. The molecule has 438 valence electrons.